The Morgan fingerprint density at radius 3 is 2.47 bits per heavy atom. The molecule has 0 saturated heterocycles. The Kier molecular flexibility index (Phi) is 4.80. The first-order chi connectivity index (χ1) is 7.97. The summed E-state index contributed by atoms with van der Waals surface area (Å²) in [4.78, 5) is 0. The predicted octanol–water partition coefficient (Wildman–Crippen LogP) is 0.551. The summed E-state index contributed by atoms with van der Waals surface area (Å²) in [6, 6.07) is 1.59. The molecule has 0 radical (unpaired) electrons. The number of aliphatic hydroxyl groups excluding tert-OH is 2. The van der Waals surface area contributed by atoms with Gasteiger partial charge in [0.05, 0.1) is 6.10 Å². The molecule has 0 fully saturated rings. The van der Waals surface area contributed by atoms with Crippen molar-refractivity contribution in [3.05, 3.63) is 29.3 Å². The van der Waals surface area contributed by atoms with Crippen molar-refractivity contribution in [2.24, 2.45) is 0 Å². The zero-order valence-corrected chi connectivity index (χ0v) is 9.45. The number of hydrogen-bond donors (Lipinski definition) is 4. The van der Waals surface area contributed by atoms with Crippen molar-refractivity contribution >= 4 is 5.69 Å². The van der Waals surface area contributed by atoms with Gasteiger partial charge in [0.2, 0.25) is 0 Å². The second kappa shape index (κ2) is 5.90. The van der Waals surface area contributed by atoms with E-state index in [1.165, 1.54) is 0 Å². The topological polar surface area (TPSA) is 78.5 Å². The fraction of sp³-hybridized carbons (Fsp3) is 0.455. The van der Waals surface area contributed by atoms with Crippen molar-refractivity contribution < 1.29 is 19.0 Å². The largest absolute Gasteiger partial charge is 0.398 e. The van der Waals surface area contributed by atoms with Crippen LogP contribution >= 0.6 is 0 Å². The molecule has 0 amide bonds. The fourth-order valence-corrected chi connectivity index (χ4v) is 1.49. The highest BCUT2D eigenvalue weighted by atomic mass is 19.2. The summed E-state index contributed by atoms with van der Waals surface area (Å²) < 4.78 is 25.8. The van der Waals surface area contributed by atoms with Gasteiger partial charge in [-0.3, -0.25) is 0 Å². The molecule has 17 heavy (non-hydrogen) atoms. The van der Waals surface area contributed by atoms with Crippen LogP contribution in [0.5, 0.6) is 0 Å². The van der Waals surface area contributed by atoms with Gasteiger partial charge in [-0.1, -0.05) is 0 Å². The monoisotopic (exact) mass is 246 g/mol. The number of hydrogen-bond acceptors (Lipinski definition) is 4. The number of nitrogens with one attached hydrogen (secondary N) is 1. The SMILES string of the molecule is CNCCC(O)C(O)c1cc(F)c(F)cc1N. The van der Waals surface area contributed by atoms with Gasteiger partial charge in [-0.15, -0.1) is 0 Å². The zero-order valence-electron chi connectivity index (χ0n) is 9.45. The van der Waals surface area contributed by atoms with Crippen molar-refractivity contribution in [2.75, 3.05) is 19.3 Å². The van der Waals surface area contributed by atoms with E-state index in [9.17, 15) is 19.0 Å². The van der Waals surface area contributed by atoms with E-state index >= 15 is 0 Å². The minimum atomic E-state index is -1.33. The summed E-state index contributed by atoms with van der Waals surface area (Å²) in [5.41, 5.74) is 5.37. The van der Waals surface area contributed by atoms with Gasteiger partial charge in [-0.05, 0) is 26.1 Å². The van der Waals surface area contributed by atoms with Crippen LogP contribution in [-0.2, 0) is 0 Å². The summed E-state index contributed by atoms with van der Waals surface area (Å²) >= 11 is 0. The van der Waals surface area contributed by atoms with Crippen LogP contribution in [0.25, 0.3) is 0 Å². The molecule has 5 N–H and O–H groups in total. The molecule has 6 heteroatoms. The Hall–Kier alpha value is -1.24. The standard InChI is InChI=1S/C11H16F2N2O2/c1-15-3-2-10(16)11(17)6-4-7(12)8(13)5-9(6)14/h4-5,10-11,15-17H,2-3,14H2,1H3. The van der Waals surface area contributed by atoms with Crippen LogP contribution in [0.3, 0.4) is 0 Å². The first kappa shape index (κ1) is 13.8. The molecule has 0 saturated carbocycles. The average Bonchev–Trinajstić information content (AvgIpc) is 2.29. The van der Waals surface area contributed by atoms with Crippen LogP contribution in [0.15, 0.2) is 12.1 Å². The van der Waals surface area contributed by atoms with Crippen molar-refractivity contribution in [3.63, 3.8) is 0 Å². The fourth-order valence-electron chi connectivity index (χ4n) is 1.49. The van der Waals surface area contributed by atoms with E-state index in [2.05, 4.69) is 5.32 Å². The Bertz CT molecular complexity index is 388. The quantitative estimate of drug-likeness (QED) is 0.572. The van der Waals surface area contributed by atoms with Gasteiger partial charge < -0.3 is 21.3 Å². The van der Waals surface area contributed by atoms with Crippen LogP contribution in [0, 0.1) is 11.6 Å². The number of benzene rings is 1. The molecule has 0 aliphatic carbocycles. The maximum atomic E-state index is 13.0. The second-order valence-corrected chi connectivity index (χ2v) is 3.80. The van der Waals surface area contributed by atoms with Crippen molar-refractivity contribution in [1.82, 2.24) is 5.32 Å². The average molecular weight is 246 g/mol. The van der Waals surface area contributed by atoms with Crippen LogP contribution in [0.4, 0.5) is 14.5 Å². The minimum absolute atomic E-state index is 0.00694. The van der Waals surface area contributed by atoms with E-state index in [0.717, 1.165) is 12.1 Å². The number of nitrogens with two attached hydrogens (primary N) is 1. The van der Waals surface area contributed by atoms with Crippen molar-refractivity contribution in [3.8, 4) is 0 Å². The molecule has 1 aromatic rings. The van der Waals surface area contributed by atoms with Crippen LogP contribution in [0.1, 0.15) is 18.1 Å². The van der Waals surface area contributed by atoms with E-state index in [-0.39, 0.29) is 17.7 Å². The van der Waals surface area contributed by atoms with Gasteiger partial charge in [0.15, 0.2) is 11.6 Å². The molecule has 0 aromatic heterocycles. The molecule has 1 aromatic carbocycles. The molecule has 0 aliphatic heterocycles. The summed E-state index contributed by atoms with van der Waals surface area (Å²) in [5, 5.41) is 22.2. The maximum absolute atomic E-state index is 13.0. The van der Waals surface area contributed by atoms with Gasteiger partial charge >= 0.3 is 0 Å². The minimum Gasteiger partial charge on any atom is -0.398 e. The lowest BCUT2D eigenvalue weighted by atomic mass is 10.00. The highest BCUT2D eigenvalue weighted by molar-refractivity contribution is 5.48. The maximum Gasteiger partial charge on any atom is 0.160 e. The van der Waals surface area contributed by atoms with E-state index in [1.807, 2.05) is 0 Å². The smallest absolute Gasteiger partial charge is 0.160 e. The predicted molar refractivity (Wildman–Crippen MR) is 60.3 cm³/mol. The molecule has 1 rings (SSSR count). The lowest BCUT2D eigenvalue weighted by molar-refractivity contribution is 0.0142. The molecule has 0 heterocycles. The number of anilines is 1. The van der Waals surface area contributed by atoms with E-state index in [1.54, 1.807) is 7.05 Å². The molecular formula is C11H16F2N2O2. The first-order valence-corrected chi connectivity index (χ1v) is 5.22. The Morgan fingerprint density at radius 2 is 1.88 bits per heavy atom. The summed E-state index contributed by atoms with van der Waals surface area (Å²) in [5.74, 6) is -2.18. The lowest BCUT2D eigenvalue weighted by Crippen LogP contribution is -2.24. The molecule has 0 spiro atoms. The molecule has 2 atom stereocenters. The third-order valence-electron chi connectivity index (χ3n) is 2.50. The van der Waals surface area contributed by atoms with Crippen LogP contribution in [-0.4, -0.2) is 29.9 Å². The normalized spacial score (nSPS) is 14.6. The molecule has 0 aliphatic rings. The van der Waals surface area contributed by atoms with E-state index in [4.69, 9.17) is 5.73 Å². The molecule has 0 bridgehead atoms. The van der Waals surface area contributed by atoms with Gasteiger partial charge in [-0.2, -0.15) is 0 Å². The highest BCUT2D eigenvalue weighted by Gasteiger charge is 2.21. The zero-order chi connectivity index (χ0) is 13.0. The van der Waals surface area contributed by atoms with Gasteiger partial charge in [0.1, 0.15) is 6.10 Å². The van der Waals surface area contributed by atoms with E-state index in [0.29, 0.717) is 6.54 Å². The van der Waals surface area contributed by atoms with Crippen LogP contribution in [0.2, 0.25) is 0 Å². The summed E-state index contributed by atoms with van der Waals surface area (Å²) in [6.45, 7) is 0.488. The molecule has 2 unspecified atom stereocenters. The van der Waals surface area contributed by atoms with Gasteiger partial charge in [0, 0.05) is 17.3 Å². The Balaban J connectivity index is 2.88. The van der Waals surface area contributed by atoms with Gasteiger partial charge in [-0.25, -0.2) is 8.78 Å². The Labute approximate surface area is 98.1 Å². The van der Waals surface area contributed by atoms with Crippen molar-refractivity contribution in [2.45, 2.75) is 18.6 Å². The summed E-state index contributed by atoms with van der Waals surface area (Å²) in [6.07, 6.45) is -2.15. The summed E-state index contributed by atoms with van der Waals surface area (Å²) in [7, 11) is 1.70. The number of nitrogen functional groups attached to an aromatic ring is 1. The molecular weight excluding hydrogens is 230 g/mol. The number of aliphatic hydroxyl groups is 2. The highest BCUT2D eigenvalue weighted by Crippen LogP contribution is 2.26. The molecule has 96 valence electrons. The third kappa shape index (κ3) is 3.36. The number of halogens is 2. The first-order valence-electron chi connectivity index (χ1n) is 5.22. The third-order valence-corrected chi connectivity index (χ3v) is 2.50. The van der Waals surface area contributed by atoms with Crippen molar-refractivity contribution in [1.29, 1.82) is 0 Å². The second-order valence-electron chi connectivity index (χ2n) is 3.80. The van der Waals surface area contributed by atoms with Crippen LogP contribution < -0.4 is 11.1 Å². The van der Waals surface area contributed by atoms with E-state index < -0.39 is 23.8 Å². The lowest BCUT2D eigenvalue weighted by Gasteiger charge is -2.19. The van der Waals surface area contributed by atoms with Gasteiger partial charge in [0.25, 0.3) is 0 Å². The molecule has 4 nitrogen and oxygen atoms in total. The number of rotatable bonds is 5. The Morgan fingerprint density at radius 1 is 1.29 bits per heavy atom.